The maximum Gasteiger partial charge on any atom is 0.317 e. The molecule has 0 bridgehead atoms. The molecule has 1 saturated heterocycles. The second kappa shape index (κ2) is 6.76. The number of hydrogen-bond donors (Lipinski definition) is 1. The molecule has 2 amide bonds. The first-order chi connectivity index (χ1) is 9.55. The van der Waals surface area contributed by atoms with Crippen molar-refractivity contribution in [2.75, 3.05) is 32.7 Å². The van der Waals surface area contributed by atoms with Gasteiger partial charge in [0.15, 0.2) is 0 Å². The molecular weight excluding hydrogens is 278 g/mol. The van der Waals surface area contributed by atoms with E-state index in [0.717, 1.165) is 32.1 Å². The molecule has 0 aromatic heterocycles. The van der Waals surface area contributed by atoms with E-state index in [9.17, 15) is 13.2 Å². The van der Waals surface area contributed by atoms with Crippen molar-refractivity contribution in [3.8, 4) is 0 Å². The third kappa shape index (κ3) is 3.44. The van der Waals surface area contributed by atoms with E-state index in [1.54, 1.807) is 9.21 Å². The Morgan fingerprint density at radius 2 is 1.75 bits per heavy atom. The monoisotopic (exact) mass is 303 g/mol. The molecule has 1 heterocycles. The summed E-state index contributed by atoms with van der Waals surface area (Å²) in [5.74, 6) is 0. The molecule has 0 aromatic carbocycles. The van der Waals surface area contributed by atoms with Gasteiger partial charge in [0, 0.05) is 32.7 Å². The third-order valence-corrected chi connectivity index (χ3v) is 6.53. The average Bonchev–Trinajstić information content (AvgIpc) is 3.00. The van der Waals surface area contributed by atoms with Gasteiger partial charge in [0.25, 0.3) is 0 Å². The summed E-state index contributed by atoms with van der Waals surface area (Å²) in [6, 6.07) is -0.0789. The number of carbonyl (C=O) groups is 1. The number of urea groups is 1. The maximum absolute atomic E-state index is 12.4. The van der Waals surface area contributed by atoms with Crippen LogP contribution >= 0.6 is 0 Å². The van der Waals surface area contributed by atoms with Crippen molar-refractivity contribution in [2.45, 2.75) is 44.3 Å². The first-order valence-corrected chi connectivity index (χ1v) is 9.07. The van der Waals surface area contributed by atoms with Crippen LogP contribution in [0.1, 0.15) is 39.0 Å². The number of carbonyl (C=O) groups excluding carboxylic acids is 1. The predicted octanol–water partition coefficient (Wildman–Crippen LogP) is 0.996. The van der Waals surface area contributed by atoms with Crippen LogP contribution in [0, 0.1) is 0 Å². The van der Waals surface area contributed by atoms with E-state index in [1.165, 1.54) is 0 Å². The number of piperazine rings is 1. The molecule has 2 aliphatic rings. The lowest BCUT2D eigenvalue weighted by Gasteiger charge is -2.35. The lowest BCUT2D eigenvalue weighted by atomic mass is 10.4. The second-order valence-corrected chi connectivity index (χ2v) is 7.78. The molecule has 1 saturated carbocycles. The minimum absolute atomic E-state index is 0.0789. The van der Waals surface area contributed by atoms with Crippen molar-refractivity contribution < 1.29 is 13.2 Å². The highest BCUT2D eigenvalue weighted by atomic mass is 32.2. The highest BCUT2D eigenvalue weighted by Crippen LogP contribution is 2.27. The highest BCUT2D eigenvalue weighted by Gasteiger charge is 2.36. The minimum Gasteiger partial charge on any atom is -0.338 e. The van der Waals surface area contributed by atoms with Gasteiger partial charge in [-0.2, -0.15) is 4.31 Å². The first kappa shape index (κ1) is 15.6. The summed E-state index contributed by atoms with van der Waals surface area (Å²) in [6.07, 6.45) is 4.52. The Hall–Kier alpha value is -0.820. The molecule has 20 heavy (non-hydrogen) atoms. The summed E-state index contributed by atoms with van der Waals surface area (Å²) in [4.78, 5) is 13.5. The summed E-state index contributed by atoms with van der Waals surface area (Å²) < 4.78 is 26.5. The smallest absolute Gasteiger partial charge is 0.317 e. The zero-order valence-electron chi connectivity index (χ0n) is 12.2. The number of rotatable bonds is 4. The second-order valence-electron chi connectivity index (χ2n) is 5.57. The van der Waals surface area contributed by atoms with Crippen LogP contribution in [0.3, 0.4) is 0 Å². The SMILES string of the molecule is CCCNC(=O)N1CCN(S(=O)(=O)C2CCCC2)CC1. The van der Waals surface area contributed by atoms with Crippen molar-refractivity contribution in [3.63, 3.8) is 0 Å². The van der Waals surface area contributed by atoms with Crippen LogP contribution in [0.2, 0.25) is 0 Å². The van der Waals surface area contributed by atoms with Gasteiger partial charge in [0.2, 0.25) is 10.0 Å². The summed E-state index contributed by atoms with van der Waals surface area (Å²) in [6.45, 7) is 4.51. The van der Waals surface area contributed by atoms with E-state index in [-0.39, 0.29) is 11.3 Å². The summed E-state index contributed by atoms with van der Waals surface area (Å²) in [7, 11) is -3.15. The Morgan fingerprint density at radius 3 is 2.30 bits per heavy atom. The number of sulfonamides is 1. The normalized spacial score (nSPS) is 22.1. The van der Waals surface area contributed by atoms with Gasteiger partial charge in [-0.05, 0) is 19.3 Å². The van der Waals surface area contributed by atoms with Gasteiger partial charge >= 0.3 is 6.03 Å². The van der Waals surface area contributed by atoms with E-state index >= 15 is 0 Å². The van der Waals surface area contributed by atoms with Gasteiger partial charge in [0.1, 0.15) is 0 Å². The molecule has 116 valence electrons. The number of nitrogens with one attached hydrogen (secondary N) is 1. The molecule has 0 radical (unpaired) electrons. The van der Waals surface area contributed by atoms with Gasteiger partial charge in [-0.15, -0.1) is 0 Å². The fraction of sp³-hybridized carbons (Fsp3) is 0.923. The Kier molecular flexibility index (Phi) is 5.26. The first-order valence-electron chi connectivity index (χ1n) is 7.57. The molecular formula is C13H25N3O3S. The van der Waals surface area contributed by atoms with E-state index in [0.29, 0.717) is 32.7 Å². The minimum atomic E-state index is -3.15. The van der Waals surface area contributed by atoms with E-state index < -0.39 is 10.0 Å². The summed E-state index contributed by atoms with van der Waals surface area (Å²) in [5, 5.41) is 2.64. The highest BCUT2D eigenvalue weighted by molar-refractivity contribution is 7.89. The topological polar surface area (TPSA) is 69.7 Å². The Balaban J connectivity index is 1.86. The van der Waals surface area contributed by atoms with Gasteiger partial charge < -0.3 is 10.2 Å². The number of amides is 2. The van der Waals surface area contributed by atoms with Crippen molar-refractivity contribution in [3.05, 3.63) is 0 Å². The maximum atomic E-state index is 12.4. The molecule has 0 spiro atoms. The Bertz CT molecular complexity index is 424. The molecule has 0 atom stereocenters. The van der Waals surface area contributed by atoms with Crippen molar-refractivity contribution >= 4 is 16.1 Å². The number of hydrogen-bond acceptors (Lipinski definition) is 3. The Morgan fingerprint density at radius 1 is 1.15 bits per heavy atom. The zero-order valence-corrected chi connectivity index (χ0v) is 13.0. The molecule has 1 aliphatic heterocycles. The molecule has 2 fully saturated rings. The molecule has 0 unspecified atom stereocenters. The molecule has 1 N–H and O–H groups in total. The molecule has 1 aliphatic carbocycles. The molecule has 0 aromatic rings. The van der Waals surface area contributed by atoms with E-state index in [1.807, 2.05) is 6.92 Å². The van der Waals surface area contributed by atoms with Gasteiger partial charge in [0.05, 0.1) is 5.25 Å². The van der Waals surface area contributed by atoms with Crippen LogP contribution in [0.4, 0.5) is 4.79 Å². The van der Waals surface area contributed by atoms with Crippen LogP contribution < -0.4 is 5.32 Å². The van der Waals surface area contributed by atoms with Crippen LogP contribution in [-0.2, 0) is 10.0 Å². The van der Waals surface area contributed by atoms with Gasteiger partial charge in [-0.3, -0.25) is 0 Å². The van der Waals surface area contributed by atoms with E-state index in [2.05, 4.69) is 5.32 Å². The lowest BCUT2D eigenvalue weighted by molar-refractivity contribution is 0.172. The molecule has 6 nitrogen and oxygen atoms in total. The number of nitrogens with zero attached hydrogens (tertiary/aromatic N) is 2. The van der Waals surface area contributed by atoms with Crippen molar-refractivity contribution in [1.29, 1.82) is 0 Å². The van der Waals surface area contributed by atoms with Crippen LogP contribution in [0.15, 0.2) is 0 Å². The predicted molar refractivity (Wildman–Crippen MR) is 78.0 cm³/mol. The quantitative estimate of drug-likeness (QED) is 0.842. The zero-order chi connectivity index (χ0) is 14.6. The fourth-order valence-corrected chi connectivity index (χ4v) is 4.91. The van der Waals surface area contributed by atoms with Crippen LogP contribution in [0.25, 0.3) is 0 Å². The van der Waals surface area contributed by atoms with Gasteiger partial charge in [-0.25, -0.2) is 13.2 Å². The summed E-state index contributed by atoms with van der Waals surface area (Å²) in [5.41, 5.74) is 0. The largest absolute Gasteiger partial charge is 0.338 e. The van der Waals surface area contributed by atoms with Crippen LogP contribution in [-0.4, -0.2) is 61.6 Å². The average molecular weight is 303 g/mol. The third-order valence-electron chi connectivity index (χ3n) is 4.14. The van der Waals surface area contributed by atoms with Gasteiger partial charge in [-0.1, -0.05) is 19.8 Å². The van der Waals surface area contributed by atoms with E-state index in [4.69, 9.17) is 0 Å². The fourth-order valence-electron chi connectivity index (χ4n) is 2.89. The molecule has 7 heteroatoms. The Labute approximate surface area is 121 Å². The van der Waals surface area contributed by atoms with Crippen LogP contribution in [0.5, 0.6) is 0 Å². The lowest BCUT2D eigenvalue weighted by Crippen LogP contribution is -2.54. The summed E-state index contributed by atoms with van der Waals surface area (Å²) >= 11 is 0. The molecule has 2 rings (SSSR count). The van der Waals surface area contributed by atoms with Crippen molar-refractivity contribution in [2.24, 2.45) is 0 Å². The standard InChI is InChI=1S/C13H25N3O3S/c1-2-7-14-13(17)15-8-10-16(11-9-15)20(18,19)12-5-3-4-6-12/h12H,2-11H2,1H3,(H,14,17). The van der Waals surface area contributed by atoms with Crippen molar-refractivity contribution in [1.82, 2.24) is 14.5 Å².